The number of carbonyl (C=O) groups excluding carboxylic acids is 1. The summed E-state index contributed by atoms with van der Waals surface area (Å²) in [4.78, 5) is 19.1. The third-order valence-electron chi connectivity index (χ3n) is 6.15. The SMILES string of the molecule is CCNC(=NCc1ccccc1CN(C)C1CCCCC1)NCCNC(=O)C1CC1. The van der Waals surface area contributed by atoms with Crippen molar-refractivity contribution in [3.63, 3.8) is 0 Å². The Hall–Kier alpha value is -2.08. The molecular weight excluding hydrogens is 374 g/mol. The second kappa shape index (κ2) is 11.9. The van der Waals surface area contributed by atoms with Crippen LogP contribution in [0.5, 0.6) is 0 Å². The fourth-order valence-electron chi connectivity index (χ4n) is 4.15. The predicted octanol–water partition coefficient (Wildman–Crippen LogP) is 3.03. The fraction of sp³-hybridized carbons (Fsp3) is 0.667. The Kier molecular flexibility index (Phi) is 9.00. The van der Waals surface area contributed by atoms with Crippen molar-refractivity contribution in [2.24, 2.45) is 10.9 Å². The summed E-state index contributed by atoms with van der Waals surface area (Å²) in [6, 6.07) is 9.36. The molecule has 0 bridgehead atoms. The molecule has 6 nitrogen and oxygen atoms in total. The van der Waals surface area contributed by atoms with Gasteiger partial charge < -0.3 is 16.0 Å². The summed E-state index contributed by atoms with van der Waals surface area (Å²) in [5.74, 6) is 1.25. The number of aliphatic imine (C=N–C) groups is 1. The van der Waals surface area contributed by atoms with Gasteiger partial charge in [0.1, 0.15) is 0 Å². The number of nitrogens with one attached hydrogen (secondary N) is 3. The van der Waals surface area contributed by atoms with Crippen LogP contribution in [0.4, 0.5) is 0 Å². The first-order chi connectivity index (χ1) is 14.7. The van der Waals surface area contributed by atoms with E-state index in [0.29, 0.717) is 25.7 Å². The van der Waals surface area contributed by atoms with Crippen LogP contribution in [0.2, 0.25) is 0 Å². The quantitative estimate of drug-likeness (QED) is 0.313. The zero-order valence-electron chi connectivity index (χ0n) is 18.8. The molecule has 3 rings (SSSR count). The van der Waals surface area contributed by atoms with E-state index >= 15 is 0 Å². The number of hydrogen-bond acceptors (Lipinski definition) is 3. The first-order valence-corrected chi connectivity index (χ1v) is 11.7. The van der Waals surface area contributed by atoms with E-state index in [1.807, 2.05) is 0 Å². The number of hydrogen-bond donors (Lipinski definition) is 3. The molecule has 0 aliphatic heterocycles. The third kappa shape index (κ3) is 7.31. The Bertz CT molecular complexity index is 695. The molecule has 0 spiro atoms. The second-order valence-electron chi connectivity index (χ2n) is 8.66. The highest BCUT2D eigenvalue weighted by Gasteiger charge is 2.29. The normalized spacial score (nSPS) is 17.8. The van der Waals surface area contributed by atoms with Crippen LogP contribution in [-0.4, -0.2) is 49.5 Å². The highest BCUT2D eigenvalue weighted by Crippen LogP contribution is 2.28. The molecule has 1 aromatic carbocycles. The van der Waals surface area contributed by atoms with E-state index < -0.39 is 0 Å². The zero-order valence-corrected chi connectivity index (χ0v) is 18.8. The fourth-order valence-corrected chi connectivity index (χ4v) is 4.15. The summed E-state index contributed by atoms with van der Waals surface area (Å²) < 4.78 is 0. The van der Waals surface area contributed by atoms with Crippen molar-refractivity contribution in [3.8, 4) is 0 Å². The Labute approximate surface area is 181 Å². The summed E-state index contributed by atoms with van der Waals surface area (Å²) in [5, 5.41) is 9.62. The second-order valence-corrected chi connectivity index (χ2v) is 8.66. The summed E-state index contributed by atoms with van der Waals surface area (Å²) >= 11 is 0. The molecule has 0 heterocycles. The zero-order chi connectivity index (χ0) is 21.2. The number of rotatable bonds is 10. The van der Waals surface area contributed by atoms with Crippen LogP contribution in [-0.2, 0) is 17.9 Å². The van der Waals surface area contributed by atoms with Crippen LogP contribution in [0.25, 0.3) is 0 Å². The van der Waals surface area contributed by atoms with Crippen molar-refractivity contribution < 1.29 is 4.79 Å². The van der Waals surface area contributed by atoms with Gasteiger partial charge in [-0.05, 0) is 50.8 Å². The lowest BCUT2D eigenvalue weighted by atomic mass is 9.94. The highest BCUT2D eigenvalue weighted by atomic mass is 16.2. The van der Waals surface area contributed by atoms with Gasteiger partial charge in [-0.1, -0.05) is 43.5 Å². The average molecular weight is 414 g/mol. The largest absolute Gasteiger partial charge is 0.357 e. The van der Waals surface area contributed by atoms with E-state index in [4.69, 9.17) is 4.99 Å². The molecule has 0 unspecified atom stereocenters. The molecule has 2 saturated carbocycles. The van der Waals surface area contributed by atoms with Crippen LogP contribution in [0.15, 0.2) is 29.3 Å². The maximum atomic E-state index is 11.7. The molecule has 2 fully saturated rings. The van der Waals surface area contributed by atoms with Gasteiger partial charge in [-0.15, -0.1) is 0 Å². The number of amides is 1. The van der Waals surface area contributed by atoms with E-state index in [2.05, 4.69) is 59.1 Å². The molecular formula is C24H39N5O. The van der Waals surface area contributed by atoms with E-state index in [0.717, 1.165) is 31.9 Å². The van der Waals surface area contributed by atoms with Gasteiger partial charge in [0.05, 0.1) is 6.54 Å². The molecule has 1 amide bonds. The number of benzene rings is 1. The maximum absolute atomic E-state index is 11.7. The molecule has 0 saturated heterocycles. The first kappa shape index (κ1) is 22.6. The topological polar surface area (TPSA) is 68.8 Å². The Morgan fingerprint density at radius 2 is 1.70 bits per heavy atom. The predicted molar refractivity (Wildman–Crippen MR) is 123 cm³/mol. The van der Waals surface area contributed by atoms with Crippen molar-refractivity contribution in [2.45, 2.75) is 71.0 Å². The first-order valence-electron chi connectivity index (χ1n) is 11.7. The molecule has 2 aliphatic carbocycles. The van der Waals surface area contributed by atoms with Crippen LogP contribution < -0.4 is 16.0 Å². The lowest BCUT2D eigenvalue weighted by molar-refractivity contribution is -0.122. The van der Waals surface area contributed by atoms with Crippen LogP contribution in [0.3, 0.4) is 0 Å². The van der Waals surface area contributed by atoms with Crippen LogP contribution >= 0.6 is 0 Å². The average Bonchev–Trinajstić information content (AvgIpc) is 3.62. The Balaban J connectivity index is 1.51. The minimum atomic E-state index is 0.190. The molecule has 30 heavy (non-hydrogen) atoms. The van der Waals surface area contributed by atoms with Gasteiger partial charge in [-0.2, -0.15) is 0 Å². The van der Waals surface area contributed by atoms with Crippen LogP contribution in [0.1, 0.15) is 63.0 Å². The third-order valence-corrected chi connectivity index (χ3v) is 6.15. The van der Waals surface area contributed by atoms with E-state index in [1.165, 1.54) is 43.2 Å². The molecule has 6 heteroatoms. The summed E-state index contributed by atoms with van der Waals surface area (Å²) in [6.07, 6.45) is 8.84. The number of nitrogens with zero attached hydrogens (tertiary/aromatic N) is 2. The van der Waals surface area contributed by atoms with Crippen LogP contribution in [0, 0.1) is 5.92 Å². The monoisotopic (exact) mass is 413 g/mol. The molecule has 166 valence electrons. The maximum Gasteiger partial charge on any atom is 0.223 e. The summed E-state index contributed by atoms with van der Waals surface area (Å²) in [7, 11) is 2.26. The molecule has 0 radical (unpaired) electrons. The van der Waals surface area contributed by atoms with Gasteiger partial charge in [0, 0.05) is 38.1 Å². The Morgan fingerprint density at radius 3 is 2.40 bits per heavy atom. The molecule has 0 atom stereocenters. The Morgan fingerprint density at radius 1 is 1.00 bits per heavy atom. The minimum absolute atomic E-state index is 0.190. The standard InChI is InChI=1S/C24H39N5O/c1-3-25-24(27-16-15-26-23(30)19-13-14-19)28-17-20-9-7-8-10-21(20)18-29(2)22-11-5-4-6-12-22/h7-10,19,22H,3-6,11-18H2,1-2H3,(H,26,30)(H2,25,27,28). The summed E-state index contributed by atoms with van der Waals surface area (Å²) in [6.45, 7) is 5.82. The smallest absolute Gasteiger partial charge is 0.223 e. The number of carbonyl (C=O) groups is 1. The molecule has 0 aromatic heterocycles. The van der Waals surface area contributed by atoms with Gasteiger partial charge >= 0.3 is 0 Å². The molecule has 2 aliphatic rings. The minimum Gasteiger partial charge on any atom is -0.357 e. The van der Waals surface area contributed by atoms with Gasteiger partial charge in [0.15, 0.2) is 5.96 Å². The van der Waals surface area contributed by atoms with Crippen molar-refractivity contribution >= 4 is 11.9 Å². The molecule has 1 aromatic rings. The van der Waals surface area contributed by atoms with Gasteiger partial charge in [0.25, 0.3) is 0 Å². The van der Waals surface area contributed by atoms with E-state index in [-0.39, 0.29) is 11.8 Å². The lowest BCUT2D eigenvalue weighted by Gasteiger charge is -2.31. The van der Waals surface area contributed by atoms with Crippen molar-refractivity contribution in [3.05, 3.63) is 35.4 Å². The van der Waals surface area contributed by atoms with Gasteiger partial charge in [-0.3, -0.25) is 9.69 Å². The van der Waals surface area contributed by atoms with Crippen molar-refractivity contribution in [1.82, 2.24) is 20.9 Å². The van der Waals surface area contributed by atoms with Gasteiger partial charge in [0.2, 0.25) is 5.91 Å². The highest BCUT2D eigenvalue weighted by molar-refractivity contribution is 5.81. The summed E-state index contributed by atoms with van der Waals surface area (Å²) in [5.41, 5.74) is 2.64. The van der Waals surface area contributed by atoms with Crippen molar-refractivity contribution in [2.75, 3.05) is 26.7 Å². The number of guanidine groups is 1. The molecule has 3 N–H and O–H groups in total. The van der Waals surface area contributed by atoms with Gasteiger partial charge in [-0.25, -0.2) is 4.99 Å². The van der Waals surface area contributed by atoms with E-state index in [9.17, 15) is 4.79 Å². The van der Waals surface area contributed by atoms with Crippen molar-refractivity contribution in [1.29, 1.82) is 0 Å². The van der Waals surface area contributed by atoms with E-state index in [1.54, 1.807) is 0 Å². The lowest BCUT2D eigenvalue weighted by Crippen LogP contribution is -2.41.